The van der Waals surface area contributed by atoms with E-state index in [-0.39, 0.29) is 0 Å². The predicted octanol–water partition coefficient (Wildman–Crippen LogP) is 2.99. The van der Waals surface area contributed by atoms with E-state index in [4.69, 9.17) is 11.6 Å². The number of hydrogen-bond donors (Lipinski definition) is 2. The van der Waals surface area contributed by atoms with E-state index in [2.05, 4.69) is 38.8 Å². The summed E-state index contributed by atoms with van der Waals surface area (Å²) in [6.07, 6.45) is 3.04. The van der Waals surface area contributed by atoms with Crippen LogP contribution in [0.2, 0.25) is 5.02 Å². The average Bonchev–Trinajstić information content (AvgIpc) is 3.30. The van der Waals surface area contributed by atoms with Crippen LogP contribution in [-0.2, 0) is 6.54 Å². The van der Waals surface area contributed by atoms with Gasteiger partial charge < -0.3 is 10.6 Å². The Hall–Kier alpha value is -2.60. The van der Waals surface area contributed by atoms with Gasteiger partial charge in [-0.3, -0.25) is 4.40 Å². The summed E-state index contributed by atoms with van der Waals surface area (Å²) in [5.41, 5.74) is 2.10. The first-order valence-corrected chi connectivity index (χ1v) is 9.21. The van der Waals surface area contributed by atoms with E-state index < -0.39 is 0 Å². The minimum absolute atomic E-state index is 0.376. The predicted molar refractivity (Wildman–Crippen MR) is 104 cm³/mol. The number of fused-ring (bicyclic) bond motifs is 1. The molecule has 2 N–H and O–H groups in total. The summed E-state index contributed by atoms with van der Waals surface area (Å²) in [6, 6.07) is 14.3. The van der Waals surface area contributed by atoms with Crippen molar-refractivity contribution in [3.63, 3.8) is 0 Å². The highest BCUT2D eigenvalue weighted by Crippen LogP contribution is 2.41. The maximum absolute atomic E-state index is 6.10. The van der Waals surface area contributed by atoms with E-state index in [9.17, 15) is 0 Å². The van der Waals surface area contributed by atoms with Crippen LogP contribution in [0, 0.1) is 0 Å². The van der Waals surface area contributed by atoms with Gasteiger partial charge in [0, 0.05) is 29.7 Å². The molecule has 4 rings (SSSR count). The smallest absolute Gasteiger partial charge is 0.191 e. The van der Waals surface area contributed by atoms with Crippen LogP contribution in [0.15, 0.2) is 53.7 Å². The summed E-state index contributed by atoms with van der Waals surface area (Å²) in [5, 5.41) is 16.0. The van der Waals surface area contributed by atoms with Crippen LogP contribution < -0.4 is 10.6 Å². The molecule has 0 saturated heterocycles. The molecule has 3 aromatic rings. The molecule has 1 aliphatic rings. The molecule has 2 atom stereocenters. The van der Waals surface area contributed by atoms with Gasteiger partial charge in [0.25, 0.3) is 0 Å². The molecule has 1 fully saturated rings. The van der Waals surface area contributed by atoms with Crippen molar-refractivity contribution in [1.82, 2.24) is 25.2 Å². The molecule has 0 spiro atoms. The maximum atomic E-state index is 6.10. The Bertz CT molecular complexity index is 934. The highest BCUT2D eigenvalue weighted by atomic mass is 35.5. The average molecular weight is 369 g/mol. The molecule has 6 nitrogen and oxygen atoms in total. The van der Waals surface area contributed by atoms with Crippen LogP contribution in [0.4, 0.5) is 0 Å². The molecule has 1 saturated carbocycles. The lowest BCUT2D eigenvalue weighted by molar-refractivity contribution is 0.783. The molecule has 134 valence electrons. The van der Waals surface area contributed by atoms with Crippen molar-refractivity contribution in [2.24, 2.45) is 4.99 Å². The Labute approximate surface area is 157 Å². The number of benzene rings is 1. The highest BCUT2D eigenvalue weighted by molar-refractivity contribution is 6.30. The van der Waals surface area contributed by atoms with E-state index in [0.717, 1.165) is 35.4 Å². The molecule has 2 unspecified atom stereocenters. The number of aromatic nitrogens is 3. The molecule has 0 bridgehead atoms. The van der Waals surface area contributed by atoms with Crippen molar-refractivity contribution in [2.45, 2.75) is 31.8 Å². The third-order valence-corrected chi connectivity index (χ3v) is 4.73. The van der Waals surface area contributed by atoms with Crippen molar-refractivity contribution >= 4 is 23.2 Å². The minimum Gasteiger partial charge on any atom is -0.357 e. The lowest BCUT2D eigenvalue weighted by atomic mass is 10.1. The van der Waals surface area contributed by atoms with Crippen molar-refractivity contribution < 1.29 is 0 Å². The van der Waals surface area contributed by atoms with Crippen LogP contribution in [0.1, 0.15) is 30.7 Å². The summed E-state index contributed by atoms with van der Waals surface area (Å²) in [4.78, 5) is 4.68. The van der Waals surface area contributed by atoms with Crippen LogP contribution in [-0.4, -0.2) is 33.1 Å². The largest absolute Gasteiger partial charge is 0.357 e. The fourth-order valence-electron chi connectivity index (χ4n) is 3.10. The number of nitrogens with zero attached hydrogens (tertiary/aromatic N) is 4. The molecule has 0 aliphatic heterocycles. The Morgan fingerprint density at radius 2 is 2.19 bits per heavy atom. The third kappa shape index (κ3) is 3.65. The molecule has 2 aromatic heterocycles. The number of guanidine groups is 1. The maximum Gasteiger partial charge on any atom is 0.191 e. The van der Waals surface area contributed by atoms with E-state index >= 15 is 0 Å². The van der Waals surface area contributed by atoms with Gasteiger partial charge in [0.1, 0.15) is 6.54 Å². The van der Waals surface area contributed by atoms with Gasteiger partial charge in [-0.25, -0.2) is 4.99 Å². The van der Waals surface area contributed by atoms with Crippen molar-refractivity contribution in [3.05, 3.63) is 65.1 Å². The molecular weight excluding hydrogens is 348 g/mol. The van der Waals surface area contributed by atoms with E-state index in [0.29, 0.717) is 18.5 Å². The second-order valence-corrected chi connectivity index (χ2v) is 6.82. The SMILES string of the molecule is CCNC(=NCc1nnc2ccccn12)NC1CC1c1cccc(Cl)c1. The molecule has 0 amide bonds. The number of nitrogens with one attached hydrogen (secondary N) is 2. The summed E-state index contributed by atoms with van der Waals surface area (Å²) in [5.74, 6) is 2.10. The van der Waals surface area contributed by atoms with Crippen molar-refractivity contribution in [1.29, 1.82) is 0 Å². The van der Waals surface area contributed by atoms with Gasteiger partial charge in [0.15, 0.2) is 17.4 Å². The van der Waals surface area contributed by atoms with Crippen LogP contribution in [0.25, 0.3) is 5.65 Å². The second kappa shape index (κ2) is 7.33. The standard InChI is InChI=1S/C19H21ClN6/c1-2-21-19(22-12-18-25-24-17-8-3-4-9-26(17)18)23-16-11-15(16)13-6-5-7-14(20)10-13/h3-10,15-16H,2,11-12H2,1H3,(H2,21,22,23). The monoisotopic (exact) mass is 368 g/mol. The number of halogens is 1. The van der Waals surface area contributed by atoms with Crippen LogP contribution in [0.3, 0.4) is 0 Å². The van der Waals surface area contributed by atoms with Gasteiger partial charge in [0.05, 0.1) is 0 Å². The molecular formula is C19H21ClN6. The van der Waals surface area contributed by atoms with Gasteiger partial charge in [-0.1, -0.05) is 29.8 Å². The van der Waals surface area contributed by atoms with Gasteiger partial charge in [-0.15, -0.1) is 10.2 Å². The Morgan fingerprint density at radius 1 is 1.27 bits per heavy atom. The first-order valence-electron chi connectivity index (χ1n) is 8.83. The first-order chi connectivity index (χ1) is 12.7. The molecule has 7 heteroatoms. The van der Waals surface area contributed by atoms with Gasteiger partial charge in [-0.05, 0) is 43.2 Å². The fraction of sp³-hybridized carbons (Fsp3) is 0.316. The fourth-order valence-corrected chi connectivity index (χ4v) is 3.30. The molecule has 2 heterocycles. The van der Waals surface area contributed by atoms with Crippen LogP contribution >= 0.6 is 11.6 Å². The lowest BCUT2D eigenvalue weighted by Crippen LogP contribution is -2.39. The second-order valence-electron chi connectivity index (χ2n) is 6.39. The summed E-state index contributed by atoms with van der Waals surface area (Å²) in [6.45, 7) is 3.33. The van der Waals surface area contributed by atoms with Crippen LogP contribution in [0.5, 0.6) is 0 Å². The van der Waals surface area contributed by atoms with E-state index in [1.54, 1.807) is 0 Å². The number of hydrogen-bond acceptors (Lipinski definition) is 3. The lowest BCUT2D eigenvalue weighted by Gasteiger charge is -2.11. The zero-order valence-electron chi connectivity index (χ0n) is 14.6. The van der Waals surface area contributed by atoms with Gasteiger partial charge in [0.2, 0.25) is 0 Å². The Morgan fingerprint density at radius 3 is 3.04 bits per heavy atom. The normalized spacial score (nSPS) is 19.5. The van der Waals surface area contributed by atoms with Crippen molar-refractivity contribution in [2.75, 3.05) is 6.54 Å². The van der Waals surface area contributed by atoms with Gasteiger partial charge in [-0.2, -0.15) is 0 Å². The molecule has 0 radical (unpaired) electrons. The van der Waals surface area contributed by atoms with E-state index in [1.165, 1.54) is 5.56 Å². The summed E-state index contributed by atoms with van der Waals surface area (Å²) >= 11 is 6.10. The minimum atomic E-state index is 0.376. The highest BCUT2D eigenvalue weighted by Gasteiger charge is 2.39. The summed E-state index contributed by atoms with van der Waals surface area (Å²) < 4.78 is 1.96. The van der Waals surface area contributed by atoms with E-state index in [1.807, 2.05) is 47.0 Å². The zero-order chi connectivity index (χ0) is 17.9. The topological polar surface area (TPSA) is 66.6 Å². The quantitative estimate of drug-likeness (QED) is 0.536. The third-order valence-electron chi connectivity index (χ3n) is 4.50. The Balaban J connectivity index is 1.44. The molecule has 1 aromatic carbocycles. The number of pyridine rings is 1. The number of rotatable bonds is 5. The molecule has 26 heavy (non-hydrogen) atoms. The first kappa shape index (κ1) is 16.8. The molecule has 1 aliphatic carbocycles. The summed E-state index contributed by atoms with van der Waals surface area (Å²) in [7, 11) is 0. The Kier molecular flexibility index (Phi) is 4.75. The van der Waals surface area contributed by atoms with Crippen molar-refractivity contribution in [3.8, 4) is 0 Å². The van der Waals surface area contributed by atoms with Gasteiger partial charge >= 0.3 is 0 Å². The zero-order valence-corrected chi connectivity index (χ0v) is 15.3. The number of aliphatic imine (C=N–C) groups is 1.